The van der Waals surface area contributed by atoms with Crippen LogP contribution in [-0.4, -0.2) is 32.1 Å². The average molecular weight is 282 g/mol. The fourth-order valence-electron chi connectivity index (χ4n) is 3.53. The molecule has 1 aliphatic heterocycles. The number of carbonyl (C=O) groups is 1. The predicted molar refractivity (Wildman–Crippen MR) is 77.7 cm³/mol. The fourth-order valence-corrected chi connectivity index (χ4v) is 3.53. The lowest BCUT2D eigenvalue weighted by Gasteiger charge is -2.30. The third kappa shape index (κ3) is 1.95. The maximum absolute atomic E-state index is 12.8. The summed E-state index contributed by atoms with van der Waals surface area (Å²) in [6.07, 6.45) is 1.94. The Bertz CT molecular complexity index is 706. The zero-order chi connectivity index (χ0) is 14.4. The number of benzene rings is 1. The lowest BCUT2D eigenvalue weighted by Crippen LogP contribution is -2.40. The molecule has 0 bridgehead atoms. The Hall–Kier alpha value is -2.17. The van der Waals surface area contributed by atoms with E-state index in [0.717, 1.165) is 37.6 Å². The van der Waals surface area contributed by atoms with Crippen molar-refractivity contribution in [3.05, 3.63) is 47.0 Å². The van der Waals surface area contributed by atoms with Gasteiger partial charge in [-0.3, -0.25) is 4.79 Å². The Labute approximate surface area is 123 Å². The van der Waals surface area contributed by atoms with Gasteiger partial charge in [-0.2, -0.15) is 0 Å². The van der Waals surface area contributed by atoms with Crippen molar-refractivity contribution >= 4 is 5.91 Å². The van der Waals surface area contributed by atoms with Gasteiger partial charge in [-0.1, -0.05) is 24.3 Å². The molecule has 0 fully saturated rings. The maximum atomic E-state index is 12.8. The summed E-state index contributed by atoms with van der Waals surface area (Å²) >= 11 is 0. The topological polar surface area (TPSA) is 51.0 Å². The van der Waals surface area contributed by atoms with Crippen LogP contribution in [0.25, 0.3) is 0 Å². The van der Waals surface area contributed by atoms with Gasteiger partial charge < -0.3 is 9.47 Å². The number of aryl methyl sites for hydroxylation is 2. The molecule has 5 heteroatoms. The van der Waals surface area contributed by atoms with Crippen LogP contribution in [0.15, 0.2) is 24.3 Å². The zero-order valence-electron chi connectivity index (χ0n) is 12.1. The summed E-state index contributed by atoms with van der Waals surface area (Å²) in [5.41, 5.74) is 2.54. The Morgan fingerprint density at radius 2 is 2.10 bits per heavy atom. The Kier molecular flexibility index (Phi) is 2.80. The first kappa shape index (κ1) is 12.6. The number of hydrogen-bond acceptors (Lipinski definition) is 3. The van der Waals surface area contributed by atoms with Crippen LogP contribution in [0.1, 0.15) is 35.1 Å². The highest BCUT2D eigenvalue weighted by atomic mass is 16.2. The average Bonchev–Trinajstić information content (AvgIpc) is 3.10. The molecule has 21 heavy (non-hydrogen) atoms. The minimum absolute atomic E-state index is 0.0248. The van der Waals surface area contributed by atoms with E-state index in [1.54, 1.807) is 0 Å². The van der Waals surface area contributed by atoms with Crippen LogP contribution >= 0.6 is 0 Å². The third-order valence-electron chi connectivity index (χ3n) is 4.68. The summed E-state index contributed by atoms with van der Waals surface area (Å²) < 4.78 is 2.10. The number of rotatable bonds is 1. The normalized spacial score (nSPS) is 20.2. The van der Waals surface area contributed by atoms with Gasteiger partial charge in [0.2, 0.25) is 5.91 Å². The number of hydrogen-bond donors (Lipinski definition) is 0. The van der Waals surface area contributed by atoms with E-state index in [4.69, 9.17) is 0 Å². The van der Waals surface area contributed by atoms with Crippen molar-refractivity contribution in [2.75, 3.05) is 6.54 Å². The molecule has 2 heterocycles. The van der Waals surface area contributed by atoms with Gasteiger partial charge in [0.15, 0.2) is 5.82 Å². The van der Waals surface area contributed by atoms with E-state index >= 15 is 0 Å². The summed E-state index contributed by atoms with van der Waals surface area (Å²) in [6, 6.07) is 8.32. The molecule has 108 valence electrons. The largest absolute Gasteiger partial charge is 0.333 e. The van der Waals surface area contributed by atoms with Crippen LogP contribution < -0.4 is 0 Å². The van der Waals surface area contributed by atoms with Gasteiger partial charge in [0, 0.05) is 13.1 Å². The quantitative estimate of drug-likeness (QED) is 0.799. The number of fused-ring (bicyclic) bond motifs is 2. The van der Waals surface area contributed by atoms with Crippen molar-refractivity contribution in [2.45, 2.75) is 38.8 Å². The van der Waals surface area contributed by atoms with Crippen LogP contribution in [0, 0.1) is 6.92 Å². The second-order valence-corrected chi connectivity index (χ2v) is 5.86. The number of amides is 1. The Balaban J connectivity index is 1.57. The maximum Gasteiger partial charge on any atom is 0.230 e. The van der Waals surface area contributed by atoms with Crippen LogP contribution in [-0.2, 0) is 24.3 Å². The van der Waals surface area contributed by atoms with Crippen molar-refractivity contribution in [3.63, 3.8) is 0 Å². The first-order valence-electron chi connectivity index (χ1n) is 7.49. The fraction of sp³-hybridized carbons (Fsp3) is 0.438. The monoisotopic (exact) mass is 282 g/mol. The highest BCUT2D eigenvalue weighted by molar-refractivity contribution is 5.85. The van der Waals surface area contributed by atoms with Gasteiger partial charge in [0.05, 0.1) is 12.5 Å². The Morgan fingerprint density at radius 1 is 1.24 bits per heavy atom. The molecule has 1 unspecified atom stereocenters. The van der Waals surface area contributed by atoms with Gasteiger partial charge in [-0.15, -0.1) is 10.2 Å². The second-order valence-electron chi connectivity index (χ2n) is 5.86. The summed E-state index contributed by atoms with van der Waals surface area (Å²) in [5, 5.41) is 8.28. The second kappa shape index (κ2) is 4.69. The van der Waals surface area contributed by atoms with E-state index in [0.29, 0.717) is 6.54 Å². The van der Waals surface area contributed by atoms with E-state index < -0.39 is 0 Å². The molecular formula is C16H18N4O. The lowest BCUT2D eigenvalue weighted by molar-refractivity contribution is -0.134. The molecule has 0 saturated heterocycles. The van der Waals surface area contributed by atoms with Gasteiger partial charge >= 0.3 is 0 Å². The molecular weight excluding hydrogens is 264 g/mol. The summed E-state index contributed by atoms with van der Waals surface area (Å²) in [4.78, 5) is 14.8. The zero-order valence-corrected chi connectivity index (χ0v) is 12.1. The van der Waals surface area contributed by atoms with E-state index in [1.807, 2.05) is 17.9 Å². The first-order chi connectivity index (χ1) is 10.2. The van der Waals surface area contributed by atoms with E-state index in [1.165, 1.54) is 11.1 Å². The lowest BCUT2D eigenvalue weighted by atomic mass is 9.99. The SMILES string of the molecule is Cc1nnc2n1CCN(C(=O)C1CCc3ccccc31)C2. The molecule has 0 spiro atoms. The minimum Gasteiger partial charge on any atom is -0.333 e. The molecule has 0 N–H and O–H groups in total. The number of aromatic nitrogens is 3. The number of nitrogens with zero attached hydrogens (tertiary/aromatic N) is 4. The molecule has 1 amide bonds. The van der Waals surface area contributed by atoms with Gasteiger partial charge in [0.25, 0.3) is 0 Å². The first-order valence-corrected chi connectivity index (χ1v) is 7.49. The van der Waals surface area contributed by atoms with Crippen LogP contribution in [0.5, 0.6) is 0 Å². The van der Waals surface area contributed by atoms with Gasteiger partial charge in [0.1, 0.15) is 5.82 Å². The molecule has 5 nitrogen and oxygen atoms in total. The van der Waals surface area contributed by atoms with Gasteiger partial charge in [-0.05, 0) is 30.9 Å². The standard InChI is InChI=1S/C16H18N4O/c1-11-17-18-15-10-19(8-9-20(11)15)16(21)14-7-6-12-4-2-3-5-13(12)14/h2-5,14H,6-10H2,1H3. The highest BCUT2D eigenvalue weighted by Crippen LogP contribution is 2.34. The van der Waals surface area contributed by atoms with E-state index in [9.17, 15) is 4.79 Å². The van der Waals surface area contributed by atoms with Crippen molar-refractivity contribution in [1.82, 2.24) is 19.7 Å². The molecule has 1 aromatic carbocycles. The molecule has 2 aromatic rings. The smallest absolute Gasteiger partial charge is 0.230 e. The van der Waals surface area contributed by atoms with E-state index in [2.05, 4.69) is 33.0 Å². The van der Waals surface area contributed by atoms with Gasteiger partial charge in [-0.25, -0.2) is 0 Å². The summed E-state index contributed by atoms with van der Waals surface area (Å²) in [5.74, 6) is 2.10. The molecule has 0 saturated carbocycles. The summed E-state index contributed by atoms with van der Waals surface area (Å²) in [7, 11) is 0. The number of carbonyl (C=O) groups excluding carboxylic acids is 1. The summed E-state index contributed by atoms with van der Waals surface area (Å²) in [6.45, 7) is 4.09. The van der Waals surface area contributed by atoms with E-state index in [-0.39, 0.29) is 11.8 Å². The van der Waals surface area contributed by atoms with Crippen LogP contribution in [0.2, 0.25) is 0 Å². The molecule has 1 aliphatic carbocycles. The Morgan fingerprint density at radius 3 is 3.00 bits per heavy atom. The van der Waals surface area contributed by atoms with Crippen molar-refractivity contribution in [2.24, 2.45) is 0 Å². The molecule has 0 radical (unpaired) electrons. The van der Waals surface area contributed by atoms with Crippen LogP contribution in [0.4, 0.5) is 0 Å². The van der Waals surface area contributed by atoms with Crippen LogP contribution in [0.3, 0.4) is 0 Å². The predicted octanol–water partition coefficient (Wildman–Crippen LogP) is 1.66. The van der Waals surface area contributed by atoms with Crippen molar-refractivity contribution < 1.29 is 4.79 Å². The molecule has 1 atom stereocenters. The molecule has 1 aromatic heterocycles. The third-order valence-corrected chi connectivity index (χ3v) is 4.68. The molecule has 2 aliphatic rings. The van der Waals surface area contributed by atoms with Crippen molar-refractivity contribution in [3.8, 4) is 0 Å². The van der Waals surface area contributed by atoms with Crippen molar-refractivity contribution in [1.29, 1.82) is 0 Å². The molecule has 4 rings (SSSR count). The highest BCUT2D eigenvalue weighted by Gasteiger charge is 2.33. The minimum atomic E-state index is 0.0248.